The number of carboxylic acid groups (broad SMARTS) is 1. The number of hydrogen-bond donors (Lipinski definition) is 3. The van der Waals surface area contributed by atoms with Crippen LogP contribution in [0.4, 0.5) is 4.79 Å². The molecule has 0 bridgehead atoms. The van der Waals surface area contributed by atoms with Crippen molar-refractivity contribution in [2.75, 3.05) is 0 Å². The number of aromatic nitrogens is 2. The highest BCUT2D eigenvalue weighted by Gasteiger charge is 2.21. The standard InChI is InChI=1S/C19H19N3O4/c1-12-7-14(8-15-10-20-22-17(12)15)9-16(18(23)24)21-19(25)26-11-13-5-3-2-4-6-13/h2-8,10,16H,9,11H2,1H3,(H,20,22)(H,21,25)(H,23,24). The summed E-state index contributed by atoms with van der Waals surface area (Å²) in [6.07, 6.45) is 1.07. The van der Waals surface area contributed by atoms with Gasteiger partial charge in [-0.2, -0.15) is 5.10 Å². The van der Waals surface area contributed by atoms with E-state index in [1.807, 2.05) is 49.4 Å². The van der Waals surface area contributed by atoms with Crippen LogP contribution >= 0.6 is 0 Å². The van der Waals surface area contributed by atoms with Crippen LogP contribution in [0, 0.1) is 6.92 Å². The van der Waals surface area contributed by atoms with Gasteiger partial charge in [0, 0.05) is 11.8 Å². The maximum Gasteiger partial charge on any atom is 0.408 e. The second kappa shape index (κ2) is 7.69. The summed E-state index contributed by atoms with van der Waals surface area (Å²) in [4.78, 5) is 23.5. The highest BCUT2D eigenvalue weighted by Crippen LogP contribution is 2.19. The molecule has 0 saturated carbocycles. The average Bonchev–Trinajstić information content (AvgIpc) is 3.09. The maximum absolute atomic E-state index is 11.9. The Labute approximate surface area is 150 Å². The SMILES string of the molecule is Cc1cc(CC(NC(=O)OCc2ccccc2)C(=O)O)cc2cn[nH]c12. The lowest BCUT2D eigenvalue weighted by Gasteiger charge is -2.15. The monoisotopic (exact) mass is 353 g/mol. The molecular weight excluding hydrogens is 334 g/mol. The van der Waals surface area contributed by atoms with Gasteiger partial charge in [-0.15, -0.1) is 0 Å². The van der Waals surface area contributed by atoms with Gasteiger partial charge in [0.15, 0.2) is 0 Å². The lowest BCUT2D eigenvalue weighted by Crippen LogP contribution is -2.42. The molecule has 1 unspecified atom stereocenters. The largest absolute Gasteiger partial charge is 0.480 e. The number of H-pyrrole nitrogens is 1. The maximum atomic E-state index is 11.9. The lowest BCUT2D eigenvalue weighted by molar-refractivity contribution is -0.139. The molecule has 3 rings (SSSR count). The molecule has 0 aliphatic rings. The predicted molar refractivity (Wildman–Crippen MR) is 95.7 cm³/mol. The number of benzene rings is 2. The number of nitrogens with zero attached hydrogens (tertiary/aromatic N) is 1. The van der Waals surface area contributed by atoms with E-state index in [2.05, 4.69) is 15.5 Å². The van der Waals surface area contributed by atoms with E-state index in [1.54, 1.807) is 6.20 Å². The zero-order chi connectivity index (χ0) is 18.5. The van der Waals surface area contributed by atoms with Crippen molar-refractivity contribution < 1.29 is 19.4 Å². The number of nitrogens with one attached hydrogen (secondary N) is 2. The number of hydrogen-bond acceptors (Lipinski definition) is 4. The molecule has 7 nitrogen and oxygen atoms in total. The Morgan fingerprint density at radius 2 is 2.00 bits per heavy atom. The molecule has 0 spiro atoms. The quantitative estimate of drug-likeness (QED) is 0.632. The molecule has 1 atom stereocenters. The third-order valence-corrected chi connectivity index (χ3v) is 4.05. The number of carbonyl (C=O) groups is 2. The zero-order valence-corrected chi connectivity index (χ0v) is 14.2. The number of aryl methyl sites for hydroxylation is 1. The molecule has 0 aliphatic carbocycles. The molecule has 26 heavy (non-hydrogen) atoms. The van der Waals surface area contributed by atoms with Gasteiger partial charge in [0.25, 0.3) is 0 Å². The Bertz CT molecular complexity index is 921. The minimum absolute atomic E-state index is 0.0824. The van der Waals surface area contributed by atoms with Gasteiger partial charge in [0.1, 0.15) is 12.6 Å². The van der Waals surface area contributed by atoms with Gasteiger partial charge in [0.2, 0.25) is 0 Å². The van der Waals surface area contributed by atoms with E-state index < -0.39 is 18.1 Å². The first-order valence-corrected chi connectivity index (χ1v) is 8.15. The number of ether oxygens (including phenoxy) is 1. The van der Waals surface area contributed by atoms with Crippen molar-refractivity contribution in [2.45, 2.75) is 26.0 Å². The number of alkyl carbamates (subject to hydrolysis) is 1. The first kappa shape index (κ1) is 17.5. The Hall–Kier alpha value is -3.35. The molecule has 0 saturated heterocycles. The number of fused-ring (bicyclic) bond motifs is 1. The van der Waals surface area contributed by atoms with Gasteiger partial charge in [-0.25, -0.2) is 9.59 Å². The number of carboxylic acids is 1. The van der Waals surface area contributed by atoms with Crippen molar-refractivity contribution in [3.8, 4) is 0 Å². The van der Waals surface area contributed by atoms with Crippen molar-refractivity contribution in [3.63, 3.8) is 0 Å². The molecule has 0 fully saturated rings. The highest BCUT2D eigenvalue weighted by molar-refractivity contribution is 5.83. The summed E-state index contributed by atoms with van der Waals surface area (Å²) < 4.78 is 5.10. The van der Waals surface area contributed by atoms with E-state index in [0.717, 1.165) is 27.6 Å². The molecule has 1 amide bonds. The molecular formula is C19H19N3O4. The van der Waals surface area contributed by atoms with Crippen molar-refractivity contribution in [2.24, 2.45) is 0 Å². The fourth-order valence-electron chi connectivity index (χ4n) is 2.77. The van der Waals surface area contributed by atoms with E-state index in [-0.39, 0.29) is 13.0 Å². The molecule has 7 heteroatoms. The molecule has 0 aliphatic heterocycles. The van der Waals surface area contributed by atoms with Crippen LogP contribution in [0.2, 0.25) is 0 Å². The van der Waals surface area contributed by atoms with Gasteiger partial charge in [-0.3, -0.25) is 5.10 Å². The second-order valence-electron chi connectivity index (χ2n) is 6.05. The topological polar surface area (TPSA) is 104 Å². The van der Waals surface area contributed by atoms with Gasteiger partial charge in [0.05, 0.1) is 11.7 Å². The van der Waals surface area contributed by atoms with E-state index in [0.29, 0.717) is 0 Å². The summed E-state index contributed by atoms with van der Waals surface area (Å²) in [5, 5.41) is 19.6. The van der Waals surface area contributed by atoms with Crippen LogP contribution in [0.1, 0.15) is 16.7 Å². The molecule has 134 valence electrons. The number of aliphatic carboxylic acids is 1. The van der Waals surface area contributed by atoms with Crippen LogP contribution in [0.5, 0.6) is 0 Å². The Kier molecular flexibility index (Phi) is 5.17. The minimum Gasteiger partial charge on any atom is -0.480 e. The predicted octanol–water partition coefficient (Wildman–Crippen LogP) is 2.79. The fourth-order valence-corrected chi connectivity index (χ4v) is 2.77. The third kappa shape index (κ3) is 4.18. The summed E-state index contributed by atoms with van der Waals surface area (Å²) >= 11 is 0. The third-order valence-electron chi connectivity index (χ3n) is 4.05. The molecule has 1 aromatic heterocycles. The first-order chi connectivity index (χ1) is 12.5. The molecule has 1 heterocycles. The lowest BCUT2D eigenvalue weighted by atomic mass is 10.0. The molecule has 2 aromatic carbocycles. The number of aromatic amines is 1. The smallest absolute Gasteiger partial charge is 0.408 e. The van der Waals surface area contributed by atoms with Crippen LogP contribution in [0.25, 0.3) is 10.9 Å². The van der Waals surface area contributed by atoms with Crippen LogP contribution in [0.15, 0.2) is 48.7 Å². The normalized spacial score (nSPS) is 11.9. The van der Waals surface area contributed by atoms with Crippen molar-refractivity contribution >= 4 is 23.0 Å². The Morgan fingerprint density at radius 1 is 1.23 bits per heavy atom. The fraction of sp³-hybridized carbons (Fsp3) is 0.211. The van der Waals surface area contributed by atoms with Crippen LogP contribution < -0.4 is 5.32 Å². The summed E-state index contributed by atoms with van der Waals surface area (Å²) in [6, 6.07) is 11.8. The zero-order valence-electron chi connectivity index (χ0n) is 14.2. The van der Waals surface area contributed by atoms with Gasteiger partial charge >= 0.3 is 12.1 Å². The van der Waals surface area contributed by atoms with Gasteiger partial charge < -0.3 is 15.2 Å². The number of rotatable bonds is 6. The molecule has 3 N–H and O–H groups in total. The first-order valence-electron chi connectivity index (χ1n) is 8.15. The Balaban J connectivity index is 1.64. The van der Waals surface area contributed by atoms with Crippen molar-refractivity contribution in [1.82, 2.24) is 15.5 Å². The van der Waals surface area contributed by atoms with Crippen LogP contribution in [-0.2, 0) is 22.6 Å². The van der Waals surface area contributed by atoms with E-state index in [9.17, 15) is 14.7 Å². The summed E-state index contributed by atoms with van der Waals surface area (Å²) in [7, 11) is 0. The summed E-state index contributed by atoms with van der Waals surface area (Å²) in [5.74, 6) is -1.12. The van der Waals surface area contributed by atoms with Crippen molar-refractivity contribution in [1.29, 1.82) is 0 Å². The van der Waals surface area contributed by atoms with Crippen molar-refractivity contribution in [3.05, 3.63) is 65.4 Å². The minimum atomic E-state index is -1.12. The number of carbonyl (C=O) groups excluding carboxylic acids is 1. The molecule has 3 aromatic rings. The van der Waals surface area contributed by atoms with E-state index in [4.69, 9.17) is 4.74 Å². The molecule has 0 radical (unpaired) electrons. The number of amides is 1. The highest BCUT2D eigenvalue weighted by atomic mass is 16.5. The second-order valence-corrected chi connectivity index (χ2v) is 6.05. The van der Waals surface area contributed by atoms with E-state index in [1.165, 1.54) is 0 Å². The summed E-state index contributed by atoms with van der Waals surface area (Å²) in [5.41, 5.74) is 3.50. The van der Waals surface area contributed by atoms with E-state index >= 15 is 0 Å². The van der Waals surface area contributed by atoms with Crippen LogP contribution in [-0.4, -0.2) is 33.4 Å². The average molecular weight is 353 g/mol. The van der Waals surface area contributed by atoms with Gasteiger partial charge in [-0.1, -0.05) is 36.4 Å². The van der Waals surface area contributed by atoms with Gasteiger partial charge in [-0.05, 0) is 29.7 Å². The van der Waals surface area contributed by atoms with Crippen LogP contribution in [0.3, 0.4) is 0 Å². The summed E-state index contributed by atoms with van der Waals surface area (Å²) in [6.45, 7) is 2.00. The Morgan fingerprint density at radius 3 is 2.73 bits per heavy atom.